The second kappa shape index (κ2) is 9.49. The van der Waals surface area contributed by atoms with Crippen LogP contribution in [0.25, 0.3) is 16.7 Å². The minimum Gasteiger partial charge on any atom is -0.394 e. The zero-order chi connectivity index (χ0) is 21.8. The summed E-state index contributed by atoms with van der Waals surface area (Å²) >= 11 is 0. The fraction of sp³-hybridized carbons (Fsp3) is 0.458. The maximum atomic E-state index is 9.56. The Bertz CT molecular complexity index is 1040. The van der Waals surface area contributed by atoms with Crippen molar-refractivity contribution in [2.24, 2.45) is 4.99 Å². The van der Waals surface area contributed by atoms with E-state index in [4.69, 9.17) is 15.0 Å². The van der Waals surface area contributed by atoms with E-state index in [1.807, 2.05) is 45.4 Å². The average Bonchev–Trinajstić information content (AvgIpc) is 2.90. The van der Waals surface area contributed by atoms with Gasteiger partial charge in [0.1, 0.15) is 11.7 Å². The highest BCUT2D eigenvalue weighted by atomic mass is 16.3. The molecule has 2 N–H and O–H groups in total. The number of allylic oxidation sites excluding steroid dienone is 4. The monoisotopic (exact) mass is 407 g/mol. The number of aliphatic imine (C=N–C) groups is 1. The van der Waals surface area contributed by atoms with Gasteiger partial charge in [-0.1, -0.05) is 26.0 Å². The molecule has 2 aliphatic rings. The van der Waals surface area contributed by atoms with Crippen LogP contribution in [0.5, 0.6) is 0 Å². The number of rotatable bonds is 3. The summed E-state index contributed by atoms with van der Waals surface area (Å²) in [6.45, 7) is 12.8. The molecule has 0 saturated heterocycles. The van der Waals surface area contributed by atoms with Crippen molar-refractivity contribution in [1.82, 2.24) is 19.9 Å². The number of nitrogens with one attached hydrogen (secondary N) is 1. The molecule has 160 valence electrons. The largest absolute Gasteiger partial charge is 0.394 e. The van der Waals surface area contributed by atoms with E-state index in [-0.39, 0.29) is 18.8 Å². The molecule has 2 aliphatic heterocycles. The van der Waals surface area contributed by atoms with Gasteiger partial charge in [0.05, 0.1) is 24.0 Å². The van der Waals surface area contributed by atoms with Gasteiger partial charge in [0.25, 0.3) is 0 Å². The number of aliphatic hydroxyl groups excluding tert-OH is 1. The molecule has 0 aliphatic carbocycles. The van der Waals surface area contributed by atoms with Gasteiger partial charge in [0.15, 0.2) is 5.65 Å². The third kappa shape index (κ3) is 4.45. The van der Waals surface area contributed by atoms with Crippen molar-refractivity contribution < 1.29 is 5.11 Å². The summed E-state index contributed by atoms with van der Waals surface area (Å²) in [6, 6.07) is -0.0300. The first kappa shape index (κ1) is 22.1. The van der Waals surface area contributed by atoms with Gasteiger partial charge in [0.2, 0.25) is 0 Å². The summed E-state index contributed by atoms with van der Waals surface area (Å²) in [5.41, 5.74) is 7.97. The lowest BCUT2D eigenvalue weighted by atomic mass is 10.1. The molecule has 6 heteroatoms. The van der Waals surface area contributed by atoms with Crippen LogP contribution >= 0.6 is 0 Å². The van der Waals surface area contributed by atoms with Crippen molar-refractivity contribution in [2.75, 3.05) is 13.2 Å². The molecule has 2 unspecified atom stereocenters. The van der Waals surface area contributed by atoms with Crippen molar-refractivity contribution in [1.29, 1.82) is 0 Å². The Labute approximate surface area is 179 Å². The Morgan fingerprint density at radius 2 is 2.00 bits per heavy atom. The summed E-state index contributed by atoms with van der Waals surface area (Å²) in [7, 11) is 0. The number of nitrogens with zero attached hydrogens (tertiary/aromatic N) is 4. The number of aromatic nitrogens is 3. The summed E-state index contributed by atoms with van der Waals surface area (Å²) in [5.74, 6) is 0. The number of aryl methyl sites for hydroxylation is 2. The van der Waals surface area contributed by atoms with Gasteiger partial charge < -0.3 is 9.67 Å². The van der Waals surface area contributed by atoms with E-state index >= 15 is 0 Å². The normalized spacial score (nSPS) is 21.3. The van der Waals surface area contributed by atoms with Gasteiger partial charge in [0, 0.05) is 24.9 Å². The third-order valence-corrected chi connectivity index (χ3v) is 5.32. The van der Waals surface area contributed by atoms with E-state index in [1.165, 1.54) is 0 Å². The van der Waals surface area contributed by atoms with Gasteiger partial charge in [-0.3, -0.25) is 10.3 Å². The van der Waals surface area contributed by atoms with Gasteiger partial charge in [-0.25, -0.2) is 9.97 Å². The Kier molecular flexibility index (Phi) is 7.00. The minimum atomic E-state index is -0.0300. The predicted molar refractivity (Wildman–Crippen MR) is 125 cm³/mol. The molecule has 30 heavy (non-hydrogen) atoms. The fourth-order valence-corrected chi connectivity index (χ4v) is 3.76. The predicted octanol–water partition coefficient (Wildman–Crippen LogP) is 4.29. The molecule has 0 amide bonds. The Balaban J connectivity index is 0.00000124. The first-order valence-electron chi connectivity index (χ1n) is 10.8. The van der Waals surface area contributed by atoms with Crippen LogP contribution in [0.2, 0.25) is 0 Å². The van der Waals surface area contributed by atoms with Crippen LogP contribution in [0.4, 0.5) is 0 Å². The summed E-state index contributed by atoms with van der Waals surface area (Å²) < 4.78 is 2.01. The van der Waals surface area contributed by atoms with E-state index in [1.54, 1.807) is 0 Å². The minimum absolute atomic E-state index is 0.0149. The second-order valence-electron chi connectivity index (χ2n) is 7.71. The fourth-order valence-electron chi connectivity index (χ4n) is 3.76. The molecule has 2 aromatic heterocycles. The van der Waals surface area contributed by atoms with Gasteiger partial charge in [-0.05, 0) is 56.6 Å². The van der Waals surface area contributed by atoms with E-state index in [0.29, 0.717) is 6.54 Å². The number of fused-ring (bicyclic) bond motifs is 2. The molecule has 0 spiro atoms. The van der Waals surface area contributed by atoms with Crippen molar-refractivity contribution in [3.8, 4) is 0 Å². The van der Waals surface area contributed by atoms with Crippen molar-refractivity contribution in [3.05, 3.63) is 53.0 Å². The highest BCUT2D eigenvalue weighted by molar-refractivity contribution is 5.84. The number of aliphatic hydroxyl groups is 1. The lowest BCUT2D eigenvalue weighted by molar-refractivity contribution is 0.241. The van der Waals surface area contributed by atoms with E-state index in [9.17, 15) is 5.11 Å². The molecular formula is C24H33N5O. The molecule has 2 bridgehead atoms. The van der Waals surface area contributed by atoms with Crippen LogP contribution in [-0.2, 0) is 0 Å². The molecule has 0 fully saturated rings. The van der Waals surface area contributed by atoms with Gasteiger partial charge in [-0.2, -0.15) is 0 Å². The average molecular weight is 408 g/mol. The maximum absolute atomic E-state index is 9.56. The Morgan fingerprint density at radius 1 is 1.23 bits per heavy atom. The molecule has 0 aromatic carbocycles. The highest BCUT2D eigenvalue weighted by Gasteiger charge is 2.19. The van der Waals surface area contributed by atoms with E-state index < -0.39 is 0 Å². The van der Waals surface area contributed by atoms with Crippen LogP contribution in [0.1, 0.15) is 57.1 Å². The summed E-state index contributed by atoms with van der Waals surface area (Å²) in [6.07, 6.45) is 11.5. The summed E-state index contributed by atoms with van der Waals surface area (Å²) in [5, 5.41) is 13.1. The summed E-state index contributed by atoms with van der Waals surface area (Å²) in [4.78, 5) is 14.6. The molecule has 4 heterocycles. The van der Waals surface area contributed by atoms with Crippen molar-refractivity contribution in [2.45, 2.75) is 60.2 Å². The van der Waals surface area contributed by atoms with Crippen LogP contribution in [0.15, 0.2) is 41.1 Å². The quantitative estimate of drug-likeness (QED) is 0.796. The van der Waals surface area contributed by atoms with Crippen LogP contribution in [0.3, 0.4) is 0 Å². The lowest BCUT2D eigenvalue weighted by Crippen LogP contribution is -2.27. The van der Waals surface area contributed by atoms with Crippen molar-refractivity contribution in [3.63, 3.8) is 0 Å². The van der Waals surface area contributed by atoms with Crippen molar-refractivity contribution >= 4 is 22.4 Å². The highest BCUT2D eigenvalue weighted by Crippen LogP contribution is 2.27. The number of hydrogen-bond donors (Lipinski definition) is 2. The number of hydrogen-bond acceptors (Lipinski definition) is 5. The topological polar surface area (TPSA) is 75.3 Å². The first-order chi connectivity index (χ1) is 14.5. The smallest absolute Gasteiger partial charge is 0.159 e. The zero-order valence-corrected chi connectivity index (χ0v) is 18.9. The molecule has 0 saturated carbocycles. The Morgan fingerprint density at radius 3 is 2.73 bits per heavy atom. The van der Waals surface area contributed by atoms with E-state index in [0.717, 1.165) is 51.4 Å². The SMILES string of the molecule is C/C1=N/C2C=C(C=CC1)C=C(c1nc3c(C)cn(C(C)CO)c3nc1C)CN2.CC. The van der Waals surface area contributed by atoms with Crippen LogP contribution in [0, 0.1) is 13.8 Å². The molecule has 0 radical (unpaired) electrons. The molecular weight excluding hydrogens is 374 g/mol. The molecule has 2 atom stereocenters. The van der Waals surface area contributed by atoms with Crippen LogP contribution < -0.4 is 5.32 Å². The first-order valence-corrected chi connectivity index (χ1v) is 10.8. The second-order valence-corrected chi connectivity index (χ2v) is 7.71. The lowest BCUT2D eigenvalue weighted by Gasteiger charge is -2.14. The Hall–Kier alpha value is -2.57. The van der Waals surface area contributed by atoms with Gasteiger partial charge in [-0.15, -0.1) is 0 Å². The maximum Gasteiger partial charge on any atom is 0.159 e. The van der Waals surface area contributed by atoms with E-state index in [2.05, 4.69) is 36.5 Å². The molecule has 6 nitrogen and oxygen atoms in total. The molecule has 2 aromatic rings. The molecule has 4 rings (SSSR count). The third-order valence-electron chi connectivity index (χ3n) is 5.32. The zero-order valence-electron chi connectivity index (χ0n) is 18.9. The van der Waals surface area contributed by atoms with Crippen LogP contribution in [-0.4, -0.2) is 44.7 Å². The van der Waals surface area contributed by atoms with Gasteiger partial charge >= 0.3 is 0 Å². The standard InChI is InChI=1S/C22H27N5O.C2H6/c1-13-11-27(15(3)12-28)22-20(13)26-21(16(4)25-22)18-8-17-7-5-6-14(2)24-19(9-17)23-10-18;1-2/h5,7-9,11,15,19,23,28H,6,10,12H2,1-4H3;1-2H3/b7-5?,24-14-;.